The first-order chi connectivity index (χ1) is 6.08. The molecule has 0 aliphatic carbocycles. The van der Waals surface area contributed by atoms with E-state index in [1.165, 1.54) is 0 Å². The Hall–Kier alpha value is -0.570. The molecular formula is C10H22N2O. The van der Waals surface area contributed by atoms with Crippen LogP contribution in [0.4, 0.5) is 0 Å². The molecule has 0 aliphatic heterocycles. The van der Waals surface area contributed by atoms with Crippen molar-refractivity contribution in [3.63, 3.8) is 0 Å². The van der Waals surface area contributed by atoms with Gasteiger partial charge in [0.05, 0.1) is 6.04 Å². The predicted molar refractivity (Wildman–Crippen MR) is 55.4 cm³/mol. The van der Waals surface area contributed by atoms with E-state index in [1.807, 2.05) is 20.8 Å². The molecule has 0 saturated heterocycles. The number of likely N-dealkylation sites (N-methyl/N-ethyl adjacent to an activating group) is 1. The minimum absolute atomic E-state index is 0.0827. The van der Waals surface area contributed by atoms with E-state index in [-0.39, 0.29) is 17.9 Å². The van der Waals surface area contributed by atoms with E-state index in [0.717, 1.165) is 19.5 Å². The molecule has 0 unspecified atom stereocenters. The Morgan fingerprint density at radius 1 is 1.31 bits per heavy atom. The van der Waals surface area contributed by atoms with Crippen LogP contribution in [-0.4, -0.2) is 29.9 Å². The number of carbonyl (C=O) groups is 1. The summed E-state index contributed by atoms with van der Waals surface area (Å²) in [7, 11) is 0. The van der Waals surface area contributed by atoms with Crippen LogP contribution in [0, 0.1) is 5.92 Å². The van der Waals surface area contributed by atoms with E-state index in [0.29, 0.717) is 0 Å². The minimum atomic E-state index is -0.329. The largest absolute Gasteiger partial charge is 0.342 e. The van der Waals surface area contributed by atoms with E-state index >= 15 is 0 Å². The zero-order valence-corrected chi connectivity index (χ0v) is 9.21. The van der Waals surface area contributed by atoms with Gasteiger partial charge in [0.1, 0.15) is 0 Å². The fraction of sp³-hybridized carbons (Fsp3) is 0.900. The second-order valence-electron chi connectivity index (χ2n) is 3.42. The molecule has 78 valence electrons. The molecule has 0 rings (SSSR count). The van der Waals surface area contributed by atoms with Gasteiger partial charge in [0.25, 0.3) is 0 Å². The number of carbonyl (C=O) groups excluding carboxylic acids is 1. The van der Waals surface area contributed by atoms with Crippen molar-refractivity contribution in [2.24, 2.45) is 11.7 Å². The first-order valence-corrected chi connectivity index (χ1v) is 5.12. The summed E-state index contributed by atoms with van der Waals surface area (Å²) in [6, 6.07) is -0.329. The molecule has 2 atom stereocenters. The molecule has 0 spiro atoms. The lowest BCUT2D eigenvalue weighted by atomic mass is 9.99. The van der Waals surface area contributed by atoms with Gasteiger partial charge in [0.2, 0.25) is 5.91 Å². The number of rotatable bonds is 5. The van der Waals surface area contributed by atoms with Crippen LogP contribution in [0.1, 0.15) is 34.1 Å². The molecule has 3 heteroatoms. The monoisotopic (exact) mass is 186 g/mol. The molecule has 0 fully saturated rings. The molecular weight excluding hydrogens is 164 g/mol. The Labute approximate surface area is 81.3 Å². The molecule has 0 aromatic carbocycles. The summed E-state index contributed by atoms with van der Waals surface area (Å²) < 4.78 is 0. The van der Waals surface area contributed by atoms with E-state index in [1.54, 1.807) is 4.90 Å². The number of amides is 1. The lowest BCUT2D eigenvalue weighted by Gasteiger charge is -2.25. The van der Waals surface area contributed by atoms with Crippen molar-refractivity contribution in [1.82, 2.24) is 4.90 Å². The highest BCUT2D eigenvalue weighted by atomic mass is 16.2. The molecule has 13 heavy (non-hydrogen) atoms. The summed E-state index contributed by atoms with van der Waals surface area (Å²) in [6.45, 7) is 9.53. The molecule has 3 nitrogen and oxygen atoms in total. The maximum absolute atomic E-state index is 11.7. The first-order valence-electron chi connectivity index (χ1n) is 5.12. The summed E-state index contributed by atoms with van der Waals surface area (Å²) in [5, 5.41) is 0. The van der Waals surface area contributed by atoms with E-state index in [4.69, 9.17) is 5.73 Å². The van der Waals surface area contributed by atoms with Crippen LogP contribution < -0.4 is 5.73 Å². The van der Waals surface area contributed by atoms with Crippen molar-refractivity contribution in [1.29, 1.82) is 0 Å². The van der Waals surface area contributed by atoms with Gasteiger partial charge in [0.15, 0.2) is 0 Å². The van der Waals surface area contributed by atoms with Crippen LogP contribution in [0.3, 0.4) is 0 Å². The van der Waals surface area contributed by atoms with Crippen LogP contribution in [0.5, 0.6) is 0 Å². The zero-order chi connectivity index (χ0) is 10.4. The topological polar surface area (TPSA) is 46.3 Å². The molecule has 0 aromatic heterocycles. The van der Waals surface area contributed by atoms with Gasteiger partial charge in [-0.15, -0.1) is 0 Å². The van der Waals surface area contributed by atoms with Crippen molar-refractivity contribution in [3.05, 3.63) is 0 Å². The van der Waals surface area contributed by atoms with Gasteiger partial charge in [-0.3, -0.25) is 4.79 Å². The average Bonchev–Trinajstić information content (AvgIpc) is 2.17. The number of hydrogen-bond donors (Lipinski definition) is 1. The SMILES string of the molecule is CC[C@H](C)[C@H](N)C(=O)N(CC)CC. The van der Waals surface area contributed by atoms with Crippen LogP contribution in [0.15, 0.2) is 0 Å². The van der Waals surface area contributed by atoms with Gasteiger partial charge in [-0.05, 0) is 19.8 Å². The number of nitrogens with zero attached hydrogens (tertiary/aromatic N) is 1. The average molecular weight is 186 g/mol. The molecule has 0 radical (unpaired) electrons. The fourth-order valence-electron chi connectivity index (χ4n) is 1.24. The molecule has 0 aromatic rings. The maximum Gasteiger partial charge on any atom is 0.239 e. The van der Waals surface area contributed by atoms with Gasteiger partial charge >= 0.3 is 0 Å². The summed E-state index contributed by atoms with van der Waals surface area (Å²) in [5.41, 5.74) is 5.83. The van der Waals surface area contributed by atoms with Crippen molar-refractivity contribution in [3.8, 4) is 0 Å². The lowest BCUT2D eigenvalue weighted by Crippen LogP contribution is -2.46. The number of nitrogens with two attached hydrogens (primary N) is 1. The van der Waals surface area contributed by atoms with Gasteiger partial charge in [-0.2, -0.15) is 0 Å². The van der Waals surface area contributed by atoms with Gasteiger partial charge in [0, 0.05) is 13.1 Å². The van der Waals surface area contributed by atoms with Crippen molar-refractivity contribution in [2.45, 2.75) is 40.2 Å². The van der Waals surface area contributed by atoms with E-state index < -0.39 is 0 Å². The standard InChI is InChI=1S/C10H22N2O/c1-5-8(4)9(11)10(13)12(6-2)7-3/h8-9H,5-7,11H2,1-4H3/t8-,9-/m0/s1. The Bertz CT molecular complexity index is 155. The molecule has 0 bridgehead atoms. The molecule has 2 N–H and O–H groups in total. The lowest BCUT2D eigenvalue weighted by molar-refractivity contribution is -0.133. The maximum atomic E-state index is 11.7. The normalized spacial score (nSPS) is 15.2. The minimum Gasteiger partial charge on any atom is -0.342 e. The van der Waals surface area contributed by atoms with Crippen LogP contribution >= 0.6 is 0 Å². The fourth-order valence-corrected chi connectivity index (χ4v) is 1.24. The molecule has 0 heterocycles. The summed E-state index contributed by atoms with van der Waals surface area (Å²) in [4.78, 5) is 13.5. The smallest absolute Gasteiger partial charge is 0.239 e. The number of hydrogen-bond acceptors (Lipinski definition) is 2. The third kappa shape index (κ3) is 3.35. The van der Waals surface area contributed by atoms with Crippen molar-refractivity contribution in [2.75, 3.05) is 13.1 Å². The highest BCUT2D eigenvalue weighted by Gasteiger charge is 2.22. The zero-order valence-electron chi connectivity index (χ0n) is 9.21. The quantitative estimate of drug-likeness (QED) is 0.702. The Morgan fingerprint density at radius 2 is 1.77 bits per heavy atom. The van der Waals surface area contributed by atoms with Gasteiger partial charge in [-0.25, -0.2) is 0 Å². The predicted octanol–water partition coefficient (Wildman–Crippen LogP) is 1.23. The highest BCUT2D eigenvalue weighted by molar-refractivity contribution is 5.81. The highest BCUT2D eigenvalue weighted by Crippen LogP contribution is 2.08. The van der Waals surface area contributed by atoms with Crippen molar-refractivity contribution < 1.29 is 4.79 Å². The molecule has 1 amide bonds. The summed E-state index contributed by atoms with van der Waals surface area (Å²) in [5.74, 6) is 0.354. The Balaban J connectivity index is 4.22. The van der Waals surface area contributed by atoms with Crippen molar-refractivity contribution >= 4 is 5.91 Å². The second-order valence-corrected chi connectivity index (χ2v) is 3.42. The molecule has 0 aliphatic rings. The summed E-state index contributed by atoms with van der Waals surface area (Å²) >= 11 is 0. The summed E-state index contributed by atoms with van der Waals surface area (Å²) in [6.07, 6.45) is 0.953. The third-order valence-corrected chi connectivity index (χ3v) is 2.62. The van der Waals surface area contributed by atoms with Crippen LogP contribution in [-0.2, 0) is 4.79 Å². The van der Waals surface area contributed by atoms with Gasteiger partial charge in [-0.1, -0.05) is 20.3 Å². The Kier molecular flexibility index (Phi) is 5.71. The van der Waals surface area contributed by atoms with E-state index in [9.17, 15) is 4.79 Å². The van der Waals surface area contributed by atoms with Gasteiger partial charge < -0.3 is 10.6 Å². The van der Waals surface area contributed by atoms with Crippen LogP contribution in [0.25, 0.3) is 0 Å². The first kappa shape index (κ1) is 12.4. The van der Waals surface area contributed by atoms with E-state index in [2.05, 4.69) is 6.92 Å². The molecule has 0 saturated carbocycles. The Morgan fingerprint density at radius 3 is 2.08 bits per heavy atom. The second kappa shape index (κ2) is 5.97. The van der Waals surface area contributed by atoms with Crippen LogP contribution in [0.2, 0.25) is 0 Å². The third-order valence-electron chi connectivity index (χ3n) is 2.62.